The Hall–Kier alpha value is -2.35. The fourth-order valence-electron chi connectivity index (χ4n) is 4.13. The molecule has 0 bridgehead atoms. The number of hydrogen-bond donors (Lipinski definition) is 2. The molecule has 1 saturated heterocycles. The monoisotopic (exact) mass is 450 g/mol. The topological polar surface area (TPSA) is 107 Å². The lowest BCUT2D eigenvalue weighted by Crippen LogP contribution is -2.46. The fraction of sp³-hybridized carbons (Fsp3) is 0.708. The van der Waals surface area contributed by atoms with E-state index in [1.807, 2.05) is 6.92 Å². The highest BCUT2D eigenvalue weighted by molar-refractivity contribution is 5.97. The highest BCUT2D eigenvalue weighted by atomic mass is 16.6. The van der Waals surface area contributed by atoms with Crippen molar-refractivity contribution in [3.63, 3.8) is 0 Å². The quantitative estimate of drug-likeness (QED) is 0.579. The van der Waals surface area contributed by atoms with Crippen molar-refractivity contribution in [3.8, 4) is 11.5 Å². The van der Waals surface area contributed by atoms with Crippen LogP contribution in [-0.2, 0) is 14.3 Å². The van der Waals surface area contributed by atoms with Crippen LogP contribution in [0.1, 0.15) is 76.7 Å². The van der Waals surface area contributed by atoms with Gasteiger partial charge in [-0.2, -0.15) is 0 Å². The number of rotatable bonds is 8. The molecule has 1 aromatic rings. The molecule has 32 heavy (non-hydrogen) atoms. The summed E-state index contributed by atoms with van der Waals surface area (Å²) in [5.74, 6) is -0.664. The largest absolute Gasteiger partial charge is 0.503 e. The van der Waals surface area contributed by atoms with E-state index in [0.29, 0.717) is 24.9 Å². The maximum atomic E-state index is 13.0. The summed E-state index contributed by atoms with van der Waals surface area (Å²) in [4.78, 5) is 29.6. The van der Waals surface area contributed by atoms with Gasteiger partial charge in [0.2, 0.25) is 0 Å². The number of ether oxygens (including phenoxy) is 3. The van der Waals surface area contributed by atoms with Crippen LogP contribution >= 0.6 is 0 Å². The molecule has 8 nitrogen and oxygen atoms in total. The molecular weight excluding hydrogens is 412 g/mol. The minimum atomic E-state index is -0.828. The van der Waals surface area contributed by atoms with Crippen molar-refractivity contribution in [3.05, 3.63) is 18.0 Å². The number of carbonyl (C=O) groups excluding carboxylic acids is 2. The molecule has 1 amide bonds. The van der Waals surface area contributed by atoms with Gasteiger partial charge in [-0.1, -0.05) is 40.0 Å². The van der Waals surface area contributed by atoms with Crippen LogP contribution < -0.4 is 10.1 Å². The molecule has 1 aliphatic rings. The number of methoxy groups -OCH3 is 1. The van der Waals surface area contributed by atoms with Crippen LogP contribution in [0.2, 0.25) is 0 Å². The van der Waals surface area contributed by atoms with Crippen LogP contribution in [0.15, 0.2) is 12.3 Å². The Morgan fingerprint density at radius 2 is 2.06 bits per heavy atom. The summed E-state index contributed by atoms with van der Waals surface area (Å²) in [6.07, 6.45) is 5.96. The van der Waals surface area contributed by atoms with Crippen LogP contribution in [0.25, 0.3) is 0 Å². The van der Waals surface area contributed by atoms with E-state index in [1.165, 1.54) is 19.4 Å². The third-order valence-corrected chi connectivity index (χ3v) is 5.74. The maximum absolute atomic E-state index is 13.0. The molecule has 4 atom stereocenters. The minimum absolute atomic E-state index is 0.138. The molecule has 1 aromatic heterocycles. The van der Waals surface area contributed by atoms with Crippen LogP contribution in [0.5, 0.6) is 11.5 Å². The van der Waals surface area contributed by atoms with Gasteiger partial charge < -0.3 is 24.6 Å². The number of amides is 1. The molecule has 180 valence electrons. The minimum Gasteiger partial charge on any atom is -0.503 e. The maximum Gasteiger partial charge on any atom is 0.329 e. The molecule has 0 aromatic carbocycles. The Balaban J connectivity index is 2.15. The first-order valence-electron chi connectivity index (χ1n) is 11.6. The van der Waals surface area contributed by atoms with Crippen molar-refractivity contribution in [2.75, 3.05) is 13.7 Å². The van der Waals surface area contributed by atoms with E-state index in [0.717, 1.165) is 32.1 Å². The van der Waals surface area contributed by atoms with E-state index in [2.05, 4.69) is 31.1 Å². The number of aromatic nitrogens is 1. The number of carbonyl (C=O) groups is 2. The van der Waals surface area contributed by atoms with E-state index in [1.54, 1.807) is 0 Å². The number of nitrogens with zero attached hydrogens (tertiary/aromatic N) is 1. The van der Waals surface area contributed by atoms with Gasteiger partial charge in [0, 0.05) is 18.9 Å². The highest BCUT2D eigenvalue weighted by Gasteiger charge is 2.34. The summed E-state index contributed by atoms with van der Waals surface area (Å²) in [5, 5.41) is 12.9. The molecule has 2 N–H and O–H groups in total. The van der Waals surface area contributed by atoms with Crippen molar-refractivity contribution in [2.45, 2.75) is 84.5 Å². The first-order valence-corrected chi connectivity index (χ1v) is 11.6. The van der Waals surface area contributed by atoms with Crippen molar-refractivity contribution in [2.24, 2.45) is 11.8 Å². The number of nitrogens with one attached hydrogen (secondary N) is 1. The van der Waals surface area contributed by atoms with Crippen LogP contribution in [0.3, 0.4) is 0 Å². The molecule has 8 heteroatoms. The molecule has 0 aliphatic carbocycles. The van der Waals surface area contributed by atoms with Crippen LogP contribution in [0, 0.1) is 11.8 Å². The van der Waals surface area contributed by atoms with Crippen molar-refractivity contribution in [1.29, 1.82) is 0 Å². The third kappa shape index (κ3) is 7.08. The second kappa shape index (κ2) is 12.6. The molecule has 0 saturated carbocycles. The van der Waals surface area contributed by atoms with Crippen LogP contribution in [-0.4, -0.2) is 53.9 Å². The summed E-state index contributed by atoms with van der Waals surface area (Å²) in [6, 6.07) is 0.626. The van der Waals surface area contributed by atoms with Gasteiger partial charge in [-0.3, -0.25) is 4.79 Å². The number of cyclic esters (lactones) is 1. The first-order chi connectivity index (χ1) is 15.3. The average molecular weight is 451 g/mol. The second-order valence-corrected chi connectivity index (χ2v) is 8.90. The highest BCUT2D eigenvalue weighted by Crippen LogP contribution is 2.29. The summed E-state index contributed by atoms with van der Waals surface area (Å²) in [6.45, 7) is 8.82. The van der Waals surface area contributed by atoms with E-state index >= 15 is 0 Å². The Morgan fingerprint density at radius 3 is 2.72 bits per heavy atom. The predicted molar refractivity (Wildman–Crippen MR) is 121 cm³/mol. The van der Waals surface area contributed by atoms with E-state index in [-0.39, 0.29) is 23.3 Å². The molecule has 1 fully saturated rings. The summed E-state index contributed by atoms with van der Waals surface area (Å²) < 4.78 is 17.0. The summed E-state index contributed by atoms with van der Waals surface area (Å²) >= 11 is 0. The van der Waals surface area contributed by atoms with Gasteiger partial charge in [-0.15, -0.1) is 0 Å². The zero-order valence-electron chi connectivity index (χ0n) is 19.9. The fourth-order valence-corrected chi connectivity index (χ4v) is 4.13. The van der Waals surface area contributed by atoms with Gasteiger partial charge in [0.1, 0.15) is 12.1 Å². The van der Waals surface area contributed by atoms with E-state index in [9.17, 15) is 14.7 Å². The van der Waals surface area contributed by atoms with Crippen molar-refractivity contribution >= 4 is 11.9 Å². The molecule has 2 rings (SSSR count). The number of pyridine rings is 1. The molecule has 1 aliphatic heterocycles. The zero-order valence-corrected chi connectivity index (χ0v) is 19.9. The lowest BCUT2D eigenvalue weighted by atomic mass is 9.87. The van der Waals surface area contributed by atoms with Gasteiger partial charge >= 0.3 is 5.97 Å². The van der Waals surface area contributed by atoms with Crippen molar-refractivity contribution in [1.82, 2.24) is 10.3 Å². The lowest BCUT2D eigenvalue weighted by molar-refractivity contribution is -0.163. The molecular formula is C24H38N2O6. The zero-order chi connectivity index (χ0) is 23.7. The molecule has 0 unspecified atom stereocenters. The van der Waals surface area contributed by atoms with Gasteiger partial charge in [0.15, 0.2) is 17.2 Å². The van der Waals surface area contributed by atoms with E-state index in [4.69, 9.17) is 14.2 Å². The Kier molecular flexibility index (Phi) is 10.2. The number of hydrogen-bond acceptors (Lipinski definition) is 7. The lowest BCUT2D eigenvalue weighted by Gasteiger charge is -2.34. The smallest absolute Gasteiger partial charge is 0.329 e. The van der Waals surface area contributed by atoms with Gasteiger partial charge in [0.05, 0.1) is 13.2 Å². The molecule has 0 radical (unpaired) electrons. The van der Waals surface area contributed by atoms with Crippen molar-refractivity contribution < 1.29 is 28.9 Å². The normalized spacial score (nSPS) is 24.6. The van der Waals surface area contributed by atoms with E-state index < -0.39 is 24.0 Å². The summed E-state index contributed by atoms with van der Waals surface area (Å²) in [5.41, 5.74) is -0.191. The number of aromatic hydroxyl groups is 1. The summed E-state index contributed by atoms with van der Waals surface area (Å²) in [7, 11) is 1.39. The Morgan fingerprint density at radius 1 is 1.34 bits per heavy atom. The Labute approximate surface area is 191 Å². The standard InChI is InChI=1S/C24H38N2O6/c1-6-9-17-10-7-8-11-18(24(29)32-16(4)22(17)31-14-15(2)3)26-23(28)20-21(27)19(30-5)12-13-25-20/h12-13,15-18,22,27H,6-11,14H2,1-5H3,(H,26,28)/t16-,17-,18-,22-/m0/s1. The van der Waals surface area contributed by atoms with Gasteiger partial charge in [-0.25, -0.2) is 9.78 Å². The SMILES string of the molecule is CCC[C@H]1CCCC[C@H](NC(=O)c2nccc(OC)c2O)C(=O)O[C@@H](C)[C@@H]1OCC(C)C. The third-order valence-electron chi connectivity index (χ3n) is 5.74. The van der Waals surface area contributed by atoms with Gasteiger partial charge in [0.25, 0.3) is 5.91 Å². The number of esters is 1. The van der Waals surface area contributed by atoms with Gasteiger partial charge in [-0.05, 0) is 38.0 Å². The Bertz CT molecular complexity index is 754. The first kappa shape index (κ1) is 25.9. The molecule has 2 heterocycles. The second-order valence-electron chi connectivity index (χ2n) is 8.90. The predicted octanol–water partition coefficient (Wildman–Crippen LogP) is 3.86. The van der Waals surface area contributed by atoms with Crippen LogP contribution in [0.4, 0.5) is 0 Å². The molecule has 0 spiro atoms. The average Bonchev–Trinajstić information content (AvgIpc) is 2.74.